The minimum Gasteiger partial charge on any atom is -0.496 e. The van der Waals surface area contributed by atoms with Crippen molar-refractivity contribution in [1.82, 2.24) is 0 Å². The van der Waals surface area contributed by atoms with Crippen molar-refractivity contribution in [2.45, 2.75) is 6.54 Å². The quantitative estimate of drug-likeness (QED) is 0.736. The van der Waals surface area contributed by atoms with Crippen molar-refractivity contribution in [3.05, 3.63) is 42.0 Å². The molecule has 0 saturated heterocycles. The molecule has 0 heterocycles. The molecule has 2 heteroatoms. The van der Waals surface area contributed by atoms with E-state index in [0.717, 1.165) is 16.8 Å². The average Bonchev–Trinajstić information content (AvgIpc) is 2.28. The Labute approximate surface area is 103 Å². The zero-order valence-corrected chi connectivity index (χ0v) is 11.0. The molecule has 2 aromatic carbocycles. The molecule has 0 bridgehead atoms. The zero-order valence-electron chi connectivity index (χ0n) is 11.0. The van der Waals surface area contributed by atoms with Crippen LogP contribution in [-0.4, -0.2) is 32.7 Å². The van der Waals surface area contributed by atoms with Gasteiger partial charge in [0.25, 0.3) is 0 Å². The van der Waals surface area contributed by atoms with Gasteiger partial charge in [0.1, 0.15) is 12.3 Å². The third-order valence-electron chi connectivity index (χ3n) is 2.85. The molecule has 2 aromatic rings. The first kappa shape index (κ1) is 11.9. The Morgan fingerprint density at radius 2 is 1.71 bits per heavy atom. The maximum Gasteiger partial charge on any atom is 0.128 e. The SMILES string of the molecule is COc1ccc2ccccc2c1C[N+](C)(C)C. The maximum atomic E-state index is 5.49. The van der Waals surface area contributed by atoms with Gasteiger partial charge in [-0.15, -0.1) is 0 Å². The van der Waals surface area contributed by atoms with E-state index in [9.17, 15) is 0 Å². The first-order chi connectivity index (χ1) is 8.01. The van der Waals surface area contributed by atoms with Gasteiger partial charge in [-0.3, -0.25) is 0 Å². The number of methoxy groups -OCH3 is 1. The summed E-state index contributed by atoms with van der Waals surface area (Å²) in [6.07, 6.45) is 0. The van der Waals surface area contributed by atoms with Crippen molar-refractivity contribution in [2.24, 2.45) is 0 Å². The lowest BCUT2D eigenvalue weighted by molar-refractivity contribution is -0.883. The third kappa shape index (κ3) is 2.59. The summed E-state index contributed by atoms with van der Waals surface area (Å²) in [5.41, 5.74) is 1.29. The molecular weight excluding hydrogens is 210 g/mol. The van der Waals surface area contributed by atoms with Crippen LogP contribution in [0.1, 0.15) is 5.56 Å². The normalized spacial score (nSPS) is 11.8. The maximum absolute atomic E-state index is 5.49. The smallest absolute Gasteiger partial charge is 0.128 e. The van der Waals surface area contributed by atoms with E-state index in [1.807, 2.05) is 0 Å². The summed E-state index contributed by atoms with van der Waals surface area (Å²) in [5, 5.41) is 2.57. The van der Waals surface area contributed by atoms with Gasteiger partial charge in [-0.25, -0.2) is 0 Å². The summed E-state index contributed by atoms with van der Waals surface area (Å²) in [6.45, 7) is 0.963. The lowest BCUT2D eigenvalue weighted by Gasteiger charge is -2.25. The molecule has 0 aliphatic carbocycles. The Morgan fingerprint density at radius 1 is 1.00 bits per heavy atom. The van der Waals surface area contributed by atoms with Crippen LogP contribution in [0.25, 0.3) is 10.8 Å². The second-order valence-corrected chi connectivity index (χ2v) is 5.42. The molecule has 0 N–H and O–H groups in total. The molecule has 0 aromatic heterocycles. The number of benzene rings is 2. The first-order valence-electron chi connectivity index (χ1n) is 5.86. The second-order valence-electron chi connectivity index (χ2n) is 5.42. The molecule has 0 aliphatic heterocycles. The van der Waals surface area contributed by atoms with E-state index < -0.39 is 0 Å². The van der Waals surface area contributed by atoms with Gasteiger partial charge in [0.15, 0.2) is 0 Å². The summed E-state index contributed by atoms with van der Waals surface area (Å²) in [6, 6.07) is 12.7. The molecule has 0 spiro atoms. The summed E-state index contributed by atoms with van der Waals surface area (Å²) < 4.78 is 6.38. The van der Waals surface area contributed by atoms with E-state index in [4.69, 9.17) is 4.74 Å². The highest BCUT2D eigenvalue weighted by Crippen LogP contribution is 2.29. The zero-order chi connectivity index (χ0) is 12.5. The lowest BCUT2D eigenvalue weighted by Crippen LogP contribution is -2.33. The second kappa shape index (κ2) is 4.38. The molecule has 2 nitrogen and oxygen atoms in total. The van der Waals surface area contributed by atoms with E-state index >= 15 is 0 Å². The monoisotopic (exact) mass is 230 g/mol. The molecule has 17 heavy (non-hydrogen) atoms. The predicted octanol–water partition coefficient (Wildman–Crippen LogP) is 3.05. The highest BCUT2D eigenvalue weighted by molar-refractivity contribution is 5.87. The Hall–Kier alpha value is -1.54. The largest absolute Gasteiger partial charge is 0.496 e. The Bertz CT molecular complexity index is 526. The van der Waals surface area contributed by atoms with Crippen LogP contribution in [0.3, 0.4) is 0 Å². The summed E-state index contributed by atoms with van der Waals surface area (Å²) in [4.78, 5) is 0. The summed E-state index contributed by atoms with van der Waals surface area (Å²) >= 11 is 0. The summed E-state index contributed by atoms with van der Waals surface area (Å²) in [7, 11) is 8.33. The van der Waals surface area contributed by atoms with Gasteiger partial charge < -0.3 is 9.22 Å². The molecular formula is C15H20NO+. The minimum atomic E-state index is 0.893. The van der Waals surface area contributed by atoms with Gasteiger partial charge in [-0.05, 0) is 16.8 Å². The number of nitrogens with zero attached hydrogens (tertiary/aromatic N) is 1. The van der Waals surface area contributed by atoms with Crippen LogP contribution in [0, 0.1) is 0 Å². The van der Waals surface area contributed by atoms with E-state index in [0.29, 0.717) is 0 Å². The van der Waals surface area contributed by atoms with Crippen LogP contribution >= 0.6 is 0 Å². The number of rotatable bonds is 3. The highest BCUT2D eigenvalue weighted by Gasteiger charge is 2.15. The van der Waals surface area contributed by atoms with Crippen molar-refractivity contribution in [1.29, 1.82) is 0 Å². The van der Waals surface area contributed by atoms with Gasteiger partial charge in [-0.2, -0.15) is 0 Å². The van der Waals surface area contributed by atoms with E-state index in [1.165, 1.54) is 16.3 Å². The topological polar surface area (TPSA) is 9.23 Å². The van der Waals surface area contributed by atoms with Crippen LogP contribution in [-0.2, 0) is 6.54 Å². The molecule has 0 saturated carbocycles. The third-order valence-corrected chi connectivity index (χ3v) is 2.85. The van der Waals surface area contributed by atoms with E-state index in [1.54, 1.807) is 7.11 Å². The van der Waals surface area contributed by atoms with Crippen molar-refractivity contribution in [3.63, 3.8) is 0 Å². The Kier molecular flexibility index (Phi) is 3.07. The van der Waals surface area contributed by atoms with Crippen molar-refractivity contribution >= 4 is 10.8 Å². The standard InChI is InChI=1S/C15H20NO/c1-16(2,3)11-14-13-8-6-5-7-12(13)9-10-15(14)17-4/h5-10H,11H2,1-4H3/q+1. The number of quaternary nitrogens is 1. The van der Waals surface area contributed by atoms with E-state index in [2.05, 4.69) is 57.5 Å². The van der Waals surface area contributed by atoms with Gasteiger partial charge >= 0.3 is 0 Å². The van der Waals surface area contributed by atoms with Crippen LogP contribution in [0.5, 0.6) is 5.75 Å². The fourth-order valence-electron chi connectivity index (χ4n) is 2.14. The predicted molar refractivity (Wildman–Crippen MR) is 72.2 cm³/mol. The average molecular weight is 230 g/mol. The van der Waals surface area contributed by atoms with Gasteiger partial charge in [0, 0.05) is 0 Å². The Balaban J connectivity index is 2.63. The first-order valence-corrected chi connectivity index (χ1v) is 5.86. The number of hydrogen-bond acceptors (Lipinski definition) is 1. The molecule has 0 radical (unpaired) electrons. The fourth-order valence-corrected chi connectivity index (χ4v) is 2.14. The van der Waals surface area contributed by atoms with Crippen molar-refractivity contribution < 1.29 is 9.22 Å². The fraction of sp³-hybridized carbons (Fsp3) is 0.333. The van der Waals surface area contributed by atoms with Crippen LogP contribution in [0.4, 0.5) is 0 Å². The highest BCUT2D eigenvalue weighted by atomic mass is 16.5. The summed E-state index contributed by atoms with van der Waals surface area (Å²) in [5.74, 6) is 0.983. The molecule has 90 valence electrons. The lowest BCUT2D eigenvalue weighted by atomic mass is 10.0. The van der Waals surface area contributed by atoms with Crippen LogP contribution in [0.15, 0.2) is 36.4 Å². The van der Waals surface area contributed by atoms with Crippen molar-refractivity contribution in [3.8, 4) is 5.75 Å². The van der Waals surface area contributed by atoms with E-state index in [-0.39, 0.29) is 0 Å². The number of fused-ring (bicyclic) bond motifs is 1. The number of ether oxygens (including phenoxy) is 1. The van der Waals surface area contributed by atoms with Gasteiger partial charge in [-0.1, -0.05) is 30.3 Å². The van der Waals surface area contributed by atoms with Gasteiger partial charge in [0.05, 0.1) is 33.8 Å². The molecule has 0 atom stereocenters. The Morgan fingerprint density at radius 3 is 2.35 bits per heavy atom. The van der Waals surface area contributed by atoms with Crippen LogP contribution in [0.2, 0.25) is 0 Å². The molecule has 0 unspecified atom stereocenters. The van der Waals surface area contributed by atoms with Gasteiger partial charge in [0.2, 0.25) is 0 Å². The molecule has 0 fully saturated rings. The minimum absolute atomic E-state index is 0.893. The number of hydrogen-bond donors (Lipinski definition) is 0. The molecule has 0 aliphatic rings. The molecule has 2 rings (SSSR count). The van der Waals surface area contributed by atoms with Crippen molar-refractivity contribution in [2.75, 3.05) is 28.3 Å². The van der Waals surface area contributed by atoms with Crippen LogP contribution < -0.4 is 4.74 Å². The molecule has 0 amide bonds.